The van der Waals surface area contributed by atoms with Crippen molar-refractivity contribution in [3.8, 4) is 16.9 Å². The van der Waals surface area contributed by atoms with Crippen LogP contribution in [0.5, 0.6) is 5.75 Å². The fourth-order valence-electron chi connectivity index (χ4n) is 6.36. The highest BCUT2D eigenvalue weighted by Crippen LogP contribution is 2.39. The molecule has 1 aromatic heterocycles. The van der Waals surface area contributed by atoms with Crippen LogP contribution in [0.3, 0.4) is 0 Å². The van der Waals surface area contributed by atoms with Gasteiger partial charge in [0.1, 0.15) is 10.6 Å². The van der Waals surface area contributed by atoms with Gasteiger partial charge in [0.2, 0.25) is 0 Å². The van der Waals surface area contributed by atoms with E-state index in [2.05, 4.69) is 0 Å². The summed E-state index contributed by atoms with van der Waals surface area (Å²) in [5.74, 6) is 0.536. The molecule has 0 radical (unpaired) electrons. The lowest BCUT2D eigenvalue weighted by molar-refractivity contribution is 0.0492. The zero-order valence-corrected chi connectivity index (χ0v) is 28.6. The number of carboxylic acid groups (broad SMARTS) is 1. The lowest BCUT2D eigenvalue weighted by Crippen LogP contribution is -2.49. The Bertz CT molecular complexity index is 1730. The highest BCUT2D eigenvalue weighted by molar-refractivity contribution is 7.21. The third-order valence-corrected chi connectivity index (χ3v) is 10.3. The molecule has 1 aliphatic carbocycles. The van der Waals surface area contributed by atoms with Gasteiger partial charge in [-0.1, -0.05) is 80.9 Å². The van der Waals surface area contributed by atoms with Gasteiger partial charge < -0.3 is 19.6 Å². The Morgan fingerprint density at radius 1 is 0.913 bits per heavy atom. The van der Waals surface area contributed by atoms with Crippen molar-refractivity contribution in [2.24, 2.45) is 5.41 Å². The normalized spacial score (nSPS) is 16.7. The van der Waals surface area contributed by atoms with Gasteiger partial charge in [-0.3, -0.25) is 9.59 Å². The first-order valence-electron chi connectivity index (χ1n) is 15.6. The minimum Gasteiger partial charge on any atom is -0.496 e. The number of fused-ring (bicyclic) bond motifs is 1. The number of rotatable bonds is 9. The maximum Gasteiger partial charge on any atom is 0.407 e. The number of ether oxygens (including phenoxy) is 1. The van der Waals surface area contributed by atoms with Gasteiger partial charge >= 0.3 is 6.09 Å². The monoisotopic (exact) mass is 660 g/mol. The van der Waals surface area contributed by atoms with Gasteiger partial charge in [0.25, 0.3) is 5.91 Å². The molecular formula is C37H41ClN2O5S. The fraction of sp³-hybridized carbons (Fsp3) is 0.378. The molecule has 1 fully saturated rings. The molecule has 0 spiro atoms. The van der Waals surface area contributed by atoms with Crippen LogP contribution in [-0.2, 0) is 6.54 Å². The number of benzene rings is 3. The van der Waals surface area contributed by atoms with Crippen molar-refractivity contribution in [2.45, 2.75) is 72.0 Å². The number of ketones is 1. The summed E-state index contributed by atoms with van der Waals surface area (Å²) in [6, 6.07) is 20.9. The summed E-state index contributed by atoms with van der Waals surface area (Å²) in [5.41, 5.74) is 3.23. The van der Waals surface area contributed by atoms with Crippen LogP contribution >= 0.6 is 22.9 Å². The van der Waals surface area contributed by atoms with E-state index in [1.54, 1.807) is 18.9 Å². The summed E-state index contributed by atoms with van der Waals surface area (Å²) < 4.78 is 6.73. The van der Waals surface area contributed by atoms with E-state index in [0.29, 0.717) is 60.0 Å². The van der Waals surface area contributed by atoms with Crippen molar-refractivity contribution < 1.29 is 24.2 Å². The number of hydrogen-bond acceptors (Lipinski definition) is 5. The van der Waals surface area contributed by atoms with Crippen molar-refractivity contribution in [2.75, 3.05) is 13.7 Å². The summed E-state index contributed by atoms with van der Waals surface area (Å²) in [7, 11) is 1.62. The van der Waals surface area contributed by atoms with Gasteiger partial charge in [0.05, 0.1) is 12.1 Å². The molecule has 46 heavy (non-hydrogen) atoms. The van der Waals surface area contributed by atoms with Gasteiger partial charge in [-0.15, -0.1) is 11.3 Å². The molecule has 3 aromatic carbocycles. The van der Waals surface area contributed by atoms with Crippen molar-refractivity contribution >= 4 is 50.8 Å². The SMILES string of the molecule is COc1ccc(-c2ccc(C(C)=O)cc2)cc1CN(C(=O)c1sc2ccccc2c1Cl)C1CCC(N(CC(C)(C)C)C(=O)O)CC1. The van der Waals surface area contributed by atoms with Crippen LogP contribution in [0.25, 0.3) is 21.2 Å². The second-order valence-corrected chi connectivity index (χ2v) is 14.7. The highest BCUT2D eigenvalue weighted by atomic mass is 35.5. The number of methoxy groups -OCH3 is 1. The maximum atomic E-state index is 14.5. The largest absolute Gasteiger partial charge is 0.496 e. The second kappa shape index (κ2) is 13.9. The Hall–Kier alpha value is -3.88. The van der Waals surface area contributed by atoms with E-state index < -0.39 is 6.09 Å². The Labute approximate surface area is 279 Å². The van der Waals surface area contributed by atoms with E-state index in [4.69, 9.17) is 16.3 Å². The fourth-order valence-corrected chi connectivity index (χ4v) is 7.82. The van der Waals surface area contributed by atoms with Crippen LogP contribution in [0.4, 0.5) is 4.79 Å². The Morgan fingerprint density at radius 3 is 2.09 bits per heavy atom. The predicted octanol–water partition coefficient (Wildman–Crippen LogP) is 9.41. The van der Waals surface area contributed by atoms with Crippen LogP contribution < -0.4 is 4.74 Å². The number of nitrogens with zero attached hydrogens (tertiary/aromatic N) is 2. The minimum absolute atomic E-state index is 0.00984. The first kappa shape index (κ1) is 33.5. The number of Topliss-reactive ketones (excluding diaryl/α,β-unsaturated/α-hetero) is 1. The van der Waals surface area contributed by atoms with Crippen LogP contribution in [0.2, 0.25) is 5.02 Å². The van der Waals surface area contributed by atoms with Crippen LogP contribution in [-0.4, -0.2) is 58.4 Å². The summed E-state index contributed by atoms with van der Waals surface area (Å²) in [4.78, 5) is 42.5. The van der Waals surface area contributed by atoms with Gasteiger partial charge in [0.15, 0.2) is 5.78 Å². The second-order valence-electron chi connectivity index (χ2n) is 13.3. The molecule has 1 N–H and O–H groups in total. The average Bonchev–Trinajstić information content (AvgIpc) is 3.38. The molecule has 1 aliphatic rings. The molecule has 1 saturated carbocycles. The van der Waals surface area contributed by atoms with Crippen molar-refractivity contribution in [3.05, 3.63) is 87.8 Å². The topological polar surface area (TPSA) is 87.2 Å². The average molecular weight is 661 g/mol. The van der Waals surface area contributed by atoms with E-state index in [1.165, 1.54) is 11.3 Å². The van der Waals surface area contributed by atoms with Crippen LogP contribution in [0.15, 0.2) is 66.7 Å². The number of amides is 2. The first-order chi connectivity index (χ1) is 21.9. The van der Waals surface area contributed by atoms with Crippen LogP contribution in [0, 0.1) is 5.41 Å². The molecule has 242 valence electrons. The summed E-state index contributed by atoms with van der Waals surface area (Å²) in [5, 5.41) is 11.3. The molecule has 1 heterocycles. The number of halogens is 1. The zero-order chi connectivity index (χ0) is 33.2. The maximum absolute atomic E-state index is 14.5. The van der Waals surface area contributed by atoms with E-state index in [-0.39, 0.29) is 29.2 Å². The van der Waals surface area contributed by atoms with Gasteiger partial charge in [-0.25, -0.2) is 4.79 Å². The Kier molecular flexibility index (Phi) is 10.1. The molecule has 2 amide bonds. The minimum atomic E-state index is -0.902. The lowest BCUT2D eigenvalue weighted by atomic mass is 9.87. The summed E-state index contributed by atoms with van der Waals surface area (Å²) >= 11 is 8.24. The molecule has 0 aliphatic heterocycles. The van der Waals surface area contributed by atoms with Crippen molar-refractivity contribution in [3.63, 3.8) is 0 Å². The molecule has 5 rings (SSSR count). The molecule has 0 atom stereocenters. The molecule has 0 bridgehead atoms. The standard InChI is InChI=1S/C37H41ClN2O5S/c1-23(41)24-10-12-25(13-11-24)26-14-19-31(45-5)27(20-26)21-39(35(42)34-33(38)30-8-6-7-9-32(30)46-34)28-15-17-29(18-16-28)40(36(43)44)22-37(2,3)4/h6-14,19-20,28-29H,15-18,21-22H2,1-5H3,(H,43,44). The molecule has 4 aromatic rings. The van der Waals surface area contributed by atoms with Crippen LogP contribution in [0.1, 0.15) is 79.0 Å². The smallest absolute Gasteiger partial charge is 0.407 e. The Balaban J connectivity index is 1.48. The van der Waals surface area contributed by atoms with E-state index in [1.807, 2.05) is 92.4 Å². The number of carbonyl (C=O) groups excluding carboxylic acids is 2. The van der Waals surface area contributed by atoms with E-state index in [9.17, 15) is 19.5 Å². The highest BCUT2D eigenvalue weighted by Gasteiger charge is 2.36. The van der Waals surface area contributed by atoms with Crippen molar-refractivity contribution in [1.82, 2.24) is 9.80 Å². The molecule has 0 saturated heterocycles. The third kappa shape index (κ3) is 7.39. The van der Waals surface area contributed by atoms with Crippen molar-refractivity contribution in [1.29, 1.82) is 0 Å². The zero-order valence-electron chi connectivity index (χ0n) is 27.0. The quantitative estimate of drug-likeness (QED) is 0.181. The summed E-state index contributed by atoms with van der Waals surface area (Å²) in [6.45, 7) is 8.43. The van der Waals surface area contributed by atoms with E-state index in [0.717, 1.165) is 26.8 Å². The predicted molar refractivity (Wildman–Crippen MR) is 185 cm³/mol. The number of hydrogen-bond donors (Lipinski definition) is 1. The molecule has 0 unspecified atom stereocenters. The molecular weight excluding hydrogens is 620 g/mol. The van der Waals surface area contributed by atoms with Gasteiger partial charge in [-0.05, 0) is 67.3 Å². The van der Waals surface area contributed by atoms with E-state index >= 15 is 0 Å². The lowest BCUT2D eigenvalue weighted by Gasteiger charge is -2.41. The first-order valence-corrected chi connectivity index (χ1v) is 16.8. The van der Waals surface area contributed by atoms with Gasteiger partial charge in [0, 0.05) is 46.4 Å². The Morgan fingerprint density at radius 2 is 1.52 bits per heavy atom. The van der Waals surface area contributed by atoms with Gasteiger partial charge in [-0.2, -0.15) is 0 Å². The number of carbonyl (C=O) groups is 3. The molecule has 7 nitrogen and oxygen atoms in total. The third-order valence-electron chi connectivity index (χ3n) is 8.67. The number of thiophene rings is 1. The molecule has 9 heteroatoms. The summed E-state index contributed by atoms with van der Waals surface area (Å²) in [6.07, 6.45) is 1.76.